The molecule has 5 nitrogen and oxygen atoms in total. The molecule has 3 rings (SSSR count). The van der Waals surface area contributed by atoms with Crippen LogP contribution in [-0.2, 0) is 17.8 Å². The van der Waals surface area contributed by atoms with Gasteiger partial charge in [-0.05, 0) is 37.9 Å². The minimum Gasteiger partial charge on any atom is -0.322 e. The Labute approximate surface area is 122 Å². The molecule has 6 heteroatoms. The Hall–Kier alpha value is -1.40. The van der Waals surface area contributed by atoms with E-state index in [4.69, 9.17) is 0 Å². The molecule has 1 aromatic rings. The molecule has 2 saturated heterocycles. The standard InChI is InChI=1S/C14H19N3O2S/c1-2-10-4-5-11(20-10)8-17-12(18)14(16-13(17)19)6-3-7-15-9-14/h4-5,15H,2-3,6-9H2,1H3,(H,16,19). The van der Waals surface area contributed by atoms with Crippen molar-refractivity contribution in [2.24, 2.45) is 0 Å². The molecule has 0 bridgehead atoms. The van der Waals surface area contributed by atoms with Crippen molar-refractivity contribution in [2.45, 2.75) is 38.3 Å². The first-order valence-electron chi connectivity index (χ1n) is 7.07. The van der Waals surface area contributed by atoms with Crippen LogP contribution in [0.3, 0.4) is 0 Å². The van der Waals surface area contributed by atoms with Crippen LogP contribution in [0.2, 0.25) is 0 Å². The van der Waals surface area contributed by atoms with E-state index in [1.807, 2.05) is 6.07 Å². The predicted molar refractivity (Wildman–Crippen MR) is 77.6 cm³/mol. The molecule has 0 saturated carbocycles. The van der Waals surface area contributed by atoms with Crippen LogP contribution in [0.5, 0.6) is 0 Å². The Bertz CT molecular complexity index is 534. The van der Waals surface area contributed by atoms with Crippen molar-refractivity contribution in [3.05, 3.63) is 21.9 Å². The van der Waals surface area contributed by atoms with Gasteiger partial charge in [0.15, 0.2) is 0 Å². The molecule has 2 N–H and O–H groups in total. The molecule has 108 valence electrons. The maximum absolute atomic E-state index is 12.6. The van der Waals surface area contributed by atoms with Crippen molar-refractivity contribution >= 4 is 23.3 Å². The van der Waals surface area contributed by atoms with Gasteiger partial charge >= 0.3 is 6.03 Å². The number of thiophene rings is 1. The van der Waals surface area contributed by atoms with E-state index in [1.54, 1.807) is 11.3 Å². The molecule has 2 fully saturated rings. The van der Waals surface area contributed by atoms with Gasteiger partial charge in [-0.3, -0.25) is 9.69 Å². The minimum absolute atomic E-state index is 0.0823. The molecule has 2 aliphatic rings. The maximum Gasteiger partial charge on any atom is 0.325 e. The van der Waals surface area contributed by atoms with Crippen molar-refractivity contribution in [3.8, 4) is 0 Å². The lowest BCUT2D eigenvalue weighted by molar-refractivity contribution is -0.132. The summed E-state index contributed by atoms with van der Waals surface area (Å²) < 4.78 is 0. The highest BCUT2D eigenvalue weighted by Crippen LogP contribution is 2.27. The predicted octanol–water partition coefficient (Wildman–Crippen LogP) is 1.48. The van der Waals surface area contributed by atoms with Gasteiger partial charge in [-0.1, -0.05) is 6.92 Å². The summed E-state index contributed by atoms with van der Waals surface area (Å²) in [5.74, 6) is -0.0823. The lowest BCUT2D eigenvalue weighted by Crippen LogP contribution is -2.57. The summed E-state index contributed by atoms with van der Waals surface area (Å²) in [6.45, 7) is 3.94. The number of carbonyl (C=O) groups is 2. The second-order valence-electron chi connectivity index (χ2n) is 5.41. The summed E-state index contributed by atoms with van der Waals surface area (Å²) in [4.78, 5) is 28.4. The molecular weight excluding hydrogens is 274 g/mol. The molecule has 1 unspecified atom stereocenters. The van der Waals surface area contributed by atoms with Crippen molar-refractivity contribution in [1.29, 1.82) is 0 Å². The summed E-state index contributed by atoms with van der Waals surface area (Å²) in [5.41, 5.74) is -0.708. The van der Waals surface area contributed by atoms with Crippen molar-refractivity contribution in [2.75, 3.05) is 13.1 Å². The van der Waals surface area contributed by atoms with Gasteiger partial charge in [0.25, 0.3) is 5.91 Å². The number of urea groups is 1. The molecule has 3 amide bonds. The van der Waals surface area contributed by atoms with Crippen LogP contribution in [0.15, 0.2) is 12.1 Å². The smallest absolute Gasteiger partial charge is 0.322 e. The van der Waals surface area contributed by atoms with Crippen molar-refractivity contribution in [1.82, 2.24) is 15.5 Å². The summed E-state index contributed by atoms with van der Waals surface area (Å²) in [6, 6.07) is 3.81. The lowest BCUT2D eigenvalue weighted by Gasteiger charge is -2.31. The highest BCUT2D eigenvalue weighted by atomic mass is 32.1. The Morgan fingerprint density at radius 2 is 2.15 bits per heavy atom. The Kier molecular flexibility index (Phi) is 3.52. The third-order valence-electron chi connectivity index (χ3n) is 4.01. The molecule has 0 aromatic carbocycles. The molecule has 0 aliphatic carbocycles. The van der Waals surface area contributed by atoms with E-state index in [0.29, 0.717) is 13.1 Å². The number of hydrogen-bond donors (Lipinski definition) is 2. The van der Waals surface area contributed by atoms with Gasteiger partial charge in [-0.25, -0.2) is 4.79 Å². The first kappa shape index (κ1) is 13.6. The summed E-state index contributed by atoms with van der Waals surface area (Å²) >= 11 is 1.67. The molecule has 2 aliphatic heterocycles. The lowest BCUT2D eigenvalue weighted by atomic mass is 9.90. The summed E-state index contributed by atoms with van der Waals surface area (Å²) in [7, 11) is 0. The van der Waals surface area contributed by atoms with Crippen LogP contribution in [0.25, 0.3) is 0 Å². The number of imide groups is 1. The first-order valence-corrected chi connectivity index (χ1v) is 7.89. The molecule has 1 spiro atoms. The van der Waals surface area contributed by atoms with Crippen LogP contribution in [-0.4, -0.2) is 35.5 Å². The largest absolute Gasteiger partial charge is 0.325 e. The van der Waals surface area contributed by atoms with Crippen molar-refractivity contribution in [3.63, 3.8) is 0 Å². The maximum atomic E-state index is 12.6. The third kappa shape index (κ3) is 2.23. The van der Waals surface area contributed by atoms with E-state index in [0.717, 1.165) is 30.7 Å². The average molecular weight is 293 g/mol. The molecular formula is C14H19N3O2S. The second-order valence-corrected chi connectivity index (χ2v) is 6.66. The van der Waals surface area contributed by atoms with E-state index >= 15 is 0 Å². The number of amides is 3. The van der Waals surface area contributed by atoms with E-state index in [1.165, 1.54) is 9.78 Å². The zero-order valence-corrected chi connectivity index (χ0v) is 12.4. The molecule has 20 heavy (non-hydrogen) atoms. The molecule has 1 aromatic heterocycles. The van der Waals surface area contributed by atoms with E-state index in [-0.39, 0.29) is 11.9 Å². The minimum atomic E-state index is -0.708. The fourth-order valence-corrected chi connectivity index (χ4v) is 3.81. The number of rotatable bonds is 3. The van der Waals surface area contributed by atoms with Gasteiger partial charge in [0.2, 0.25) is 0 Å². The Morgan fingerprint density at radius 3 is 2.80 bits per heavy atom. The summed E-state index contributed by atoms with van der Waals surface area (Å²) in [6.07, 6.45) is 2.63. The zero-order valence-electron chi connectivity index (χ0n) is 11.6. The van der Waals surface area contributed by atoms with Gasteiger partial charge in [-0.15, -0.1) is 11.3 Å². The summed E-state index contributed by atoms with van der Waals surface area (Å²) in [5, 5.41) is 6.10. The average Bonchev–Trinajstić information content (AvgIpc) is 3.00. The first-order chi connectivity index (χ1) is 9.64. The van der Waals surface area contributed by atoms with Gasteiger partial charge in [0.1, 0.15) is 5.54 Å². The Morgan fingerprint density at radius 1 is 1.35 bits per heavy atom. The van der Waals surface area contributed by atoms with Crippen molar-refractivity contribution < 1.29 is 9.59 Å². The zero-order chi connectivity index (χ0) is 14.2. The van der Waals surface area contributed by atoms with E-state index < -0.39 is 5.54 Å². The number of nitrogens with one attached hydrogen (secondary N) is 2. The number of piperidine rings is 1. The normalized spacial score (nSPS) is 26.4. The van der Waals surface area contributed by atoms with Gasteiger partial charge < -0.3 is 10.6 Å². The fraction of sp³-hybridized carbons (Fsp3) is 0.571. The number of carbonyl (C=O) groups excluding carboxylic acids is 2. The van der Waals surface area contributed by atoms with Gasteiger partial charge in [0.05, 0.1) is 6.54 Å². The van der Waals surface area contributed by atoms with Gasteiger partial charge in [-0.2, -0.15) is 0 Å². The fourth-order valence-electron chi connectivity index (χ4n) is 2.87. The molecule has 0 radical (unpaired) electrons. The highest BCUT2D eigenvalue weighted by molar-refractivity contribution is 7.11. The monoisotopic (exact) mass is 293 g/mol. The van der Waals surface area contributed by atoms with Crippen LogP contribution < -0.4 is 10.6 Å². The number of aryl methyl sites for hydroxylation is 1. The highest BCUT2D eigenvalue weighted by Gasteiger charge is 2.51. The third-order valence-corrected chi connectivity index (χ3v) is 5.22. The van der Waals surface area contributed by atoms with Crippen LogP contribution in [0, 0.1) is 0 Å². The molecule has 3 heterocycles. The van der Waals surface area contributed by atoms with Crippen LogP contribution >= 0.6 is 11.3 Å². The number of nitrogens with zero attached hydrogens (tertiary/aromatic N) is 1. The van der Waals surface area contributed by atoms with Crippen LogP contribution in [0.4, 0.5) is 4.79 Å². The molecule has 1 atom stereocenters. The van der Waals surface area contributed by atoms with E-state index in [9.17, 15) is 9.59 Å². The number of hydrogen-bond acceptors (Lipinski definition) is 4. The van der Waals surface area contributed by atoms with Gasteiger partial charge in [0, 0.05) is 16.3 Å². The van der Waals surface area contributed by atoms with Crippen LogP contribution in [0.1, 0.15) is 29.5 Å². The Balaban J connectivity index is 1.76. The quantitative estimate of drug-likeness (QED) is 0.830. The van der Waals surface area contributed by atoms with E-state index in [2.05, 4.69) is 23.6 Å². The topological polar surface area (TPSA) is 61.4 Å². The second kappa shape index (κ2) is 5.18. The SMILES string of the molecule is CCc1ccc(CN2C(=O)NC3(CCCNC3)C2=O)s1.